The molecule has 2 rings (SSSR count). The van der Waals surface area contributed by atoms with Gasteiger partial charge in [-0.15, -0.1) is 11.3 Å². The maximum absolute atomic E-state index is 12.7. The van der Waals surface area contributed by atoms with Gasteiger partial charge < -0.3 is 0 Å². The number of halogens is 2. The molecule has 0 aliphatic carbocycles. The first kappa shape index (κ1) is 8.20. The van der Waals surface area contributed by atoms with Gasteiger partial charge in [0, 0.05) is 14.9 Å². The first-order valence-electron chi connectivity index (χ1n) is 3.53. The van der Waals surface area contributed by atoms with Crippen LogP contribution < -0.4 is 0 Å². The highest BCUT2D eigenvalue weighted by Crippen LogP contribution is 2.27. The van der Waals surface area contributed by atoms with Gasteiger partial charge in [-0.2, -0.15) is 0 Å². The van der Waals surface area contributed by atoms with Crippen LogP contribution in [0.3, 0.4) is 0 Å². The van der Waals surface area contributed by atoms with Crippen molar-refractivity contribution < 1.29 is 4.39 Å². The van der Waals surface area contributed by atoms with E-state index in [4.69, 9.17) is 0 Å². The highest BCUT2D eigenvalue weighted by molar-refractivity contribution is 9.08. The fourth-order valence-electron chi connectivity index (χ4n) is 1.13. The van der Waals surface area contributed by atoms with E-state index in [2.05, 4.69) is 22.0 Å². The molecule has 2 aromatic rings. The van der Waals surface area contributed by atoms with Crippen molar-refractivity contribution in [2.45, 2.75) is 5.33 Å². The van der Waals surface area contributed by atoms with Crippen molar-refractivity contribution in [1.29, 1.82) is 0 Å². The summed E-state index contributed by atoms with van der Waals surface area (Å²) in [6, 6.07) is 6.96. The molecule has 0 amide bonds. The molecule has 0 unspecified atom stereocenters. The summed E-state index contributed by atoms with van der Waals surface area (Å²) < 4.78 is 13.8. The molecule has 0 saturated heterocycles. The predicted molar refractivity (Wildman–Crippen MR) is 54.4 cm³/mol. The number of benzene rings is 1. The fraction of sp³-hybridized carbons (Fsp3) is 0.111. The number of alkyl halides is 1. The summed E-state index contributed by atoms with van der Waals surface area (Å²) in [7, 11) is 0. The summed E-state index contributed by atoms with van der Waals surface area (Å²) in [5, 5.41) is 1.96. The zero-order valence-corrected chi connectivity index (χ0v) is 8.58. The third-order valence-corrected chi connectivity index (χ3v) is 3.74. The topological polar surface area (TPSA) is 0 Å². The molecule has 62 valence electrons. The van der Waals surface area contributed by atoms with Gasteiger partial charge in [-0.25, -0.2) is 4.39 Å². The monoisotopic (exact) mass is 244 g/mol. The van der Waals surface area contributed by atoms with Crippen LogP contribution in [0.2, 0.25) is 0 Å². The van der Waals surface area contributed by atoms with Gasteiger partial charge >= 0.3 is 0 Å². The van der Waals surface area contributed by atoms with Crippen LogP contribution >= 0.6 is 27.3 Å². The number of rotatable bonds is 1. The van der Waals surface area contributed by atoms with E-state index in [9.17, 15) is 4.39 Å². The second-order valence-electron chi connectivity index (χ2n) is 2.53. The van der Waals surface area contributed by atoms with Crippen molar-refractivity contribution in [3.63, 3.8) is 0 Å². The second kappa shape index (κ2) is 3.15. The van der Waals surface area contributed by atoms with Gasteiger partial charge in [-0.3, -0.25) is 0 Å². The molecule has 0 saturated carbocycles. The predicted octanol–water partition coefficient (Wildman–Crippen LogP) is 3.94. The van der Waals surface area contributed by atoms with Gasteiger partial charge in [-0.05, 0) is 23.6 Å². The molecule has 1 aromatic heterocycles. The standard InChI is InChI=1S/C9H6BrFS/c10-5-8-3-6-1-2-7(11)4-9(6)12-8/h1-4H,5H2. The quantitative estimate of drug-likeness (QED) is 0.667. The second-order valence-corrected chi connectivity index (χ2v) is 4.26. The maximum Gasteiger partial charge on any atom is 0.124 e. The van der Waals surface area contributed by atoms with E-state index >= 15 is 0 Å². The van der Waals surface area contributed by atoms with Crippen LogP contribution in [0.25, 0.3) is 10.1 Å². The Morgan fingerprint density at radius 2 is 2.17 bits per heavy atom. The SMILES string of the molecule is Fc1ccc2cc(CBr)sc2c1. The average molecular weight is 245 g/mol. The molecule has 0 aliphatic heterocycles. The number of hydrogen-bond acceptors (Lipinski definition) is 1. The van der Waals surface area contributed by atoms with Gasteiger partial charge in [0.1, 0.15) is 5.82 Å². The average Bonchev–Trinajstić information content (AvgIpc) is 2.46. The van der Waals surface area contributed by atoms with E-state index in [0.717, 1.165) is 15.4 Å². The molecule has 0 bridgehead atoms. The lowest BCUT2D eigenvalue weighted by Gasteiger charge is -1.86. The third-order valence-electron chi connectivity index (χ3n) is 1.66. The molecular formula is C9H6BrFS. The minimum absolute atomic E-state index is 0.162. The Morgan fingerprint density at radius 1 is 1.33 bits per heavy atom. The van der Waals surface area contributed by atoms with Crippen molar-refractivity contribution in [2.24, 2.45) is 0 Å². The van der Waals surface area contributed by atoms with Gasteiger partial charge in [0.05, 0.1) is 0 Å². The van der Waals surface area contributed by atoms with E-state index < -0.39 is 0 Å². The van der Waals surface area contributed by atoms with Crippen LogP contribution in [0.15, 0.2) is 24.3 Å². The number of hydrogen-bond donors (Lipinski definition) is 0. The van der Waals surface area contributed by atoms with E-state index in [1.54, 1.807) is 17.4 Å². The molecule has 0 nitrogen and oxygen atoms in total. The van der Waals surface area contributed by atoms with Crippen molar-refractivity contribution in [2.75, 3.05) is 0 Å². The Morgan fingerprint density at radius 3 is 2.92 bits per heavy atom. The van der Waals surface area contributed by atoms with Crippen molar-refractivity contribution in [3.05, 3.63) is 35.0 Å². The molecule has 0 N–H and O–H groups in total. The Labute approximate surface area is 82.2 Å². The summed E-state index contributed by atoms with van der Waals surface area (Å²) in [5.74, 6) is -0.162. The van der Waals surface area contributed by atoms with E-state index in [0.29, 0.717) is 0 Å². The minimum atomic E-state index is -0.162. The van der Waals surface area contributed by atoms with E-state index in [1.807, 2.05) is 6.07 Å². The smallest absolute Gasteiger partial charge is 0.124 e. The summed E-state index contributed by atoms with van der Waals surface area (Å²) in [4.78, 5) is 1.23. The molecule has 0 spiro atoms. The molecule has 12 heavy (non-hydrogen) atoms. The minimum Gasteiger partial charge on any atom is -0.207 e. The third kappa shape index (κ3) is 1.39. The molecule has 0 radical (unpaired) electrons. The van der Waals surface area contributed by atoms with Crippen molar-refractivity contribution in [3.8, 4) is 0 Å². The highest BCUT2D eigenvalue weighted by atomic mass is 79.9. The van der Waals surface area contributed by atoms with Crippen molar-refractivity contribution >= 4 is 37.4 Å². The largest absolute Gasteiger partial charge is 0.207 e. The number of fused-ring (bicyclic) bond motifs is 1. The fourth-order valence-corrected chi connectivity index (χ4v) is 2.57. The van der Waals surface area contributed by atoms with Gasteiger partial charge in [0.2, 0.25) is 0 Å². The molecule has 0 fully saturated rings. The van der Waals surface area contributed by atoms with Gasteiger partial charge in [0.15, 0.2) is 0 Å². The molecule has 0 atom stereocenters. The van der Waals surface area contributed by atoms with E-state index in [1.165, 1.54) is 10.9 Å². The Balaban J connectivity index is 2.67. The summed E-state index contributed by atoms with van der Waals surface area (Å²) >= 11 is 5.00. The molecular weight excluding hydrogens is 239 g/mol. The van der Waals surface area contributed by atoms with Crippen LogP contribution in [0.1, 0.15) is 4.88 Å². The molecule has 1 aromatic carbocycles. The van der Waals surface area contributed by atoms with Crippen LogP contribution in [0, 0.1) is 5.82 Å². The first-order valence-corrected chi connectivity index (χ1v) is 5.47. The lowest BCUT2D eigenvalue weighted by atomic mass is 10.2. The normalized spacial score (nSPS) is 10.8. The van der Waals surface area contributed by atoms with Crippen LogP contribution in [0.4, 0.5) is 4.39 Å². The summed E-state index contributed by atoms with van der Waals surface area (Å²) in [6.07, 6.45) is 0. The van der Waals surface area contributed by atoms with Crippen LogP contribution in [0.5, 0.6) is 0 Å². The maximum atomic E-state index is 12.7. The number of thiophene rings is 1. The lowest BCUT2D eigenvalue weighted by Crippen LogP contribution is -1.68. The zero-order chi connectivity index (χ0) is 8.55. The highest BCUT2D eigenvalue weighted by Gasteiger charge is 2.00. The summed E-state index contributed by atoms with van der Waals surface area (Å²) in [6.45, 7) is 0. The molecule has 3 heteroatoms. The Hall–Kier alpha value is -0.410. The van der Waals surface area contributed by atoms with Crippen LogP contribution in [-0.2, 0) is 5.33 Å². The van der Waals surface area contributed by atoms with Gasteiger partial charge in [0.25, 0.3) is 0 Å². The Kier molecular flexibility index (Phi) is 2.15. The van der Waals surface area contributed by atoms with E-state index in [-0.39, 0.29) is 5.82 Å². The molecule has 1 heterocycles. The van der Waals surface area contributed by atoms with Crippen LogP contribution in [-0.4, -0.2) is 0 Å². The molecule has 0 aliphatic rings. The first-order chi connectivity index (χ1) is 5.79. The Bertz CT molecular complexity index is 408. The summed E-state index contributed by atoms with van der Waals surface area (Å²) in [5.41, 5.74) is 0. The van der Waals surface area contributed by atoms with Crippen molar-refractivity contribution in [1.82, 2.24) is 0 Å². The zero-order valence-electron chi connectivity index (χ0n) is 6.18. The lowest BCUT2D eigenvalue weighted by molar-refractivity contribution is 0.630. The van der Waals surface area contributed by atoms with Gasteiger partial charge in [-0.1, -0.05) is 22.0 Å².